The second-order valence-corrected chi connectivity index (χ2v) is 7.03. The first kappa shape index (κ1) is 15.0. The van der Waals surface area contributed by atoms with Crippen molar-refractivity contribution in [2.24, 2.45) is 13.0 Å². The van der Waals surface area contributed by atoms with Crippen LogP contribution in [0.3, 0.4) is 0 Å². The average molecular weight is 290 g/mol. The molecule has 3 rings (SSSR count). The molecule has 2 heterocycles. The second-order valence-electron chi connectivity index (χ2n) is 7.03. The van der Waals surface area contributed by atoms with Crippen molar-refractivity contribution in [1.29, 1.82) is 0 Å². The average Bonchev–Trinajstić information content (AvgIpc) is 2.75. The minimum atomic E-state index is 0.590. The number of piperidine rings is 1. The van der Waals surface area contributed by atoms with E-state index in [1.54, 1.807) is 0 Å². The fraction of sp³-hybridized carbons (Fsp3) is 0.824. The summed E-state index contributed by atoms with van der Waals surface area (Å²) in [6.07, 6.45) is 9.06. The first-order valence-corrected chi connectivity index (χ1v) is 8.60. The van der Waals surface area contributed by atoms with Crippen molar-refractivity contribution in [2.75, 3.05) is 13.1 Å². The molecule has 2 fully saturated rings. The van der Waals surface area contributed by atoms with Gasteiger partial charge in [-0.25, -0.2) is 0 Å². The van der Waals surface area contributed by atoms with Crippen LogP contribution in [-0.4, -0.2) is 39.9 Å². The van der Waals surface area contributed by atoms with Gasteiger partial charge in [-0.1, -0.05) is 6.42 Å². The molecule has 1 aliphatic carbocycles. The predicted octanol–water partition coefficient (Wildman–Crippen LogP) is 2.47. The molecular formula is C17H30N4. The van der Waals surface area contributed by atoms with Crippen molar-refractivity contribution in [3.8, 4) is 0 Å². The summed E-state index contributed by atoms with van der Waals surface area (Å²) in [6, 6.07) is 1.49. The van der Waals surface area contributed by atoms with Gasteiger partial charge in [-0.15, -0.1) is 0 Å². The molecule has 0 spiro atoms. The maximum atomic E-state index is 4.33. The molecule has 0 radical (unpaired) electrons. The molecule has 1 aliphatic heterocycles. The van der Waals surface area contributed by atoms with Crippen molar-refractivity contribution >= 4 is 0 Å². The van der Waals surface area contributed by atoms with Gasteiger partial charge in [-0.2, -0.15) is 5.10 Å². The Labute approximate surface area is 128 Å². The van der Waals surface area contributed by atoms with Crippen LogP contribution in [0.25, 0.3) is 0 Å². The highest BCUT2D eigenvalue weighted by Gasteiger charge is 2.31. The highest BCUT2D eigenvalue weighted by Crippen LogP contribution is 2.30. The van der Waals surface area contributed by atoms with Crippen LogP contribution in [0.5, 0.6) is 0 Å². The summed E-state index contributed by atoms with van der Waals surface area (Å²) < 4.78 is 1.96. The second kappa shape index (κ2) is 6.49. The minimum Gasteiger partial charge on any atom is -0.310 e. The summed E-state index contributed by atoms with van der Waals surface area (Å²) in [5.41, 5.74) is 2.60. The summed E-state index contributed by atoms with van der Waals surface area (Å²) in [7, 11) is 2.01. The molecule has 2 atom stereocenters. The Morgan fingerprint density at radius 2 is 2.14 bits per heavy atom. The van der Waals surface area contributed by atoms with Gasteiger partial charge in [0.1, 0.15) is 0 Å². The van der Waals surface area contributed by atoms with Crippen molar-refractivity contribution in [1.82, 2.24) is 20.0 Å². The summed E-state index contributed by atoms with van der Waals surface area (Å²) in [5, 5.41) is 8.07. The van der Waals surface area contributed by atoms with Crippen molar-refractivity contribution in [3.05, 3.63) is 17.5 Å². The third-order valence-electron chi connectivity index (χ3n) is 5.74. The van der Waals surface area contributed by atoms with Crippen molar-refractivity contribution in [2.45, 2.75) is 64.6 Å². The maximum Gasteiger partial charge on any atom is 0.0537 e. The predicted molar refractivity (Wildman–Crippen MR) is 86.2 cm³/mol. The van der Waals surface area contributed by atoms with Gasteiger partial charge in [-0.05, 0) is 52.0 Å². The standard InChI is InChI=1S/C17H30N4/c1-13(18-10-16-11-19-20(3)14(16)2)15-6-5-9-21(12-15)17-7-4-8-17/h11,13,15,17-18H,4-10,12H2,1-3H3/t13-,15-/m1/s1. The van der Waals surface area contributed by atoms with Gasteiger partial charge >= 0.3 is 0 Å². The van der Waals surface area contributed by atoms with Gasteiger partial charge in [0.05, 0.1) is 6.20 Å². The van der Waals surface area contributed by atoms with Crippen LogP contribution < -0.4 is 5.32 Å². The van der Waals surface area contributed by atoms with Crippen LogP contribution in [-0.2, 0) is 13.6 Å². The number of nitrogens with one attached hydrogen (secondary N) is 1. The molecule has 1 saturated heterocycles. The Kier molecular flexibility index (Phi) is 4.65. The maximum absolute atomic E-state index is 4.33. The number of hydrogen-bond acceptors (Lipinski definition) is 3. The number of rotatable bonds is 5. The zero-order valence-electron chi connectivity index (χ0n) is 13.8. The smallest absolute Gasteiger partial charge is 0.0537 e. The van der Waals surface area contributed by atoms with Crippen molar-refractivity contribution < 1.29 is 0 Å². The van der Waals surface area contributed by atoms with E-state index in [0.29, 0.717) is 6.04 Å². The van der Waals surface area contributed by atoms with E-state index >= 15 is 0 Å². The number of aromatic nitrogens is 2. The number of likely N-dealkylation sites (tertiary alicyclic amines) is 1. The first-order valence-electron chi connectivity index (χ1n) is 8.60. The minimum absolute atomic E-state index is 0.590. The zero-order chi connectivity index (χ0) is 14.8. The zero-order valence-corrected chi connectivity index (χ0v) is 13.8. The highest BCUT2D eigenvalue weighted by molar-refractivity contribution is 5.15. The summed E-state index contributed by atoms with van der Waals surface area (Å²) >= 11 is 0. The fourth-order valence-corrected chi connectivity index (χ4v) is 3.69. The third-order valence-corrected chi connectivity index (χ3v) is 5.74. The number of aryl methyl sites for hydroxylation is 1. The van der Waals surface area contributed by atoms with Crippen LogP contribution in [0.4, 0.5) is 0 Å². The Bertz CT molecular complexity index is 463. The Morgan fingerprint density at radius 1 is 1.33 bits per heavy atom. The largest absolute Gasteiger partial charge is 0.310 e. The molecule has 0 aromatic carbocycles. The molecule has 1 saturated carbocycles. The van der Waals surface area contributed by atoms with Gasteiger partial charge < -0.3 is 10.2 Å². The van der Waals surface area contributed by atoms with E-state index < -0.39 is 0 Å². The van der Waals surface area contributed by atoms with Gasteiger partial charge in [0.2, 0.25) is 0 Å². The number of hydrogen-bond donors (Lipinski definition) is 1. The van der Waals surface area contributed by atoms with E-state index in [2.05, 4.69) is 29.2 Å². The Hall–Kier alpha value is -0.870. The molecule has 0 amide bonds. The Balaban J connectivity index is 1.50. The number of nitrogens with zero attached hydrogens (tertiary/aromatic N) is 3. The van der Waals surface area contributed by atoms with E-state index in [9.17, 15) is 0 Å². The molecule has 2 aliphatic rings. The molecule has 1 aromatic rings. The monoisotopic (exact) mass is 290 g/mol. The van der Waals surface area contributed by atoms with E-state index in [4.69, 9.17) is 0 Å². The summed E-state index contributed by atoms with van der Waals surface area (Å²) in [5.74, 6) is 0.802. The lowest BCUT2D eigenvalue weighted by Crippen LogP contribution is -2.49. The normalized spacial score (nSPS) is 25.8. The van der Waals surface area contributed by atoms with Gasteiger partial charge in [-0.3, -0.25) is 4.68 Å². The molecule has 1 aromatic heterocycles. The lowest BCUT2D eigenvalue weighted by atomic mass is 9.85. The van der Waals surface area contributed by atoms with E-state index in [-0.39, 0.29) is 0 Å². The molecule has 4 nitrogen and oxygen atoms in total. The van der Waals surface area contributed by atoms with Gasteiger partial charge in [0.25, 0.3) is 0 Å². The first-order chi connectivity index (χ1) is 10.1. The lowest BCUT2D eigenvalue weighted by molar-refractivity contribution is 0.0665. The van der Waals surface area contributed by atoms with E-state index in [1.807, 2.05) is 17.9 Å². The molecule has 4 heteroatoms. The fourth-order valence-electron chi connectivity index (χ4n) is 3.69. The summed E-state index contributed by atoms with van der Waals surface area (Å²) in [6.45, 7) is 8.08. The van der Waals surface area contributed by atoms with E-state index in [0.717, 1.165) is 18.5 Å². The summed E-state index contributed by atoms with van der Waals surface area (Å²) in [4.78, 5) is 2.76. The van der Waals surface area contributed by atoms with Crippen LogP contribution in [0.2, 0.25) is 0 Å². The quantitative estimate of drug-likeness (QED) is 0.904. The molecule has 21 heavy (non-hydrogen) atoms. The van der Waals surface area contributed by atoms with Gasteiger partial charge in [0, 0.05) is 43.5 Å². The van der Waals surface area contributed by atoms with Crippen LogP contribution in [0.1, 0.15) is 50.3 Å². The third kappa shape index (κ3) is 3.32. The van der Waals surface area contributed by atoms with E-state index in [1.165, 1.54) is 56.5 Å². The van der Waals surface area contributed by atoms with Crippen LogP contribution in [0, 0.1) is 12.8 Å². The SMILES string of the molecule is Cc1c(CN[C@H](C)[C@@H]2CCCN(C3CCC3)C2)cnn1C. The van der Waals surface area contributed by atoms with Crippen LogP contribution in [0.15, 0.2) is 6.20 Å². The van der Waals surface area contributed by atoms with Crippen LogP contribution >= 0.6 is 0 Å². The molecule has 0 bridgehead atoms. The highest BCUT2D eigenvalue weighted by atomic mass is 15.3. The molecule has 1 N–H and O–H groups in total. The molecule has 0 unspecified atom stereocenters. The topological polar surface area (TPSA) is 33.1 Å². The lowest BCUT2D eigenvalue weighted by Gasteiger charge is -2.44. The Morgan fingerprint density at radius 3 is 2.76 bits per heavy atom. The molecule has 118 valence electrons. The van der Waals surface area contributed by atoms with Gasteiger partial charge in [0.15, 0.2) is 0 Å². The van der Waals surface area contributed by atoms with Crippen molar-refractivity contribution in [3.63, 3.8) is 0 Å². The molecular weight excluding hydrogens is 260 g/mol.